The quantitative estimate of drug-likeness (QED) is 0.775. The van der Waals surface area contributed by atoms with Gasteiger partial charge in [0, 0.05) is 24.7 Å². The van der Waals surface area contributed by atoms with Gasteiger partial charge in [0.25, 0.3) is 0 Å². The Hall–Kier alpha value is -1.58. The highest BCUT2D eigenvalue weighted by molar-refractivity contribution is 5.83. The number of piperidine rings is 1. The lowest BCUT2D eigenvalue weighted by Gasteiger charge is -2.32. The Kier molecular flexibility index (Phi) is 2.81. The molecule has 0 saturated carbocycles. The van der Waals surface area contributed by atoms with Gasteiger partial charge in [0.2, 0.25) is 11.5 Å². The molecule has 2 rings (SSSR count). The van der Waals surface area contributed by atoms with Gasteiger partial charge in [-0.2, -0.15) is 0 Å². The number of pyridine rings is 1. The van der Waals surface area contributed by atoms with Crippen LogP contribution in [0.3, 0.4) is 0 Å². The average molecular weight is 220 g/mol. The molecule has 1 amide bonds. The predicted molar refractivity (Wildman–Crippen MR) is 61.1 cm³/mol. The zero-order valence-electron chi connectivity index (χ0n) is 9.38. The van der Waals surface area contributed by atoms with Gasteiger partial charge in [-0.1, -0.05) is 13.0 Å². The first-order valence-corrected chi connectivity index (χ1v) is 5.57. The molecule has 1 aliphatic heterocycles. The lowest BCUT2D eigenvalue weighted by molar-refractivity contribution is -0.132. The van der Waals surface area contributed by atoms with Gasteiger partial charge >= 0.3 is 0 Å². The molecule has 1 unspecified atom stereocenters. The van der Waals surface area contributed by atoms with Crippen LogP contribution in [0, 0.1) is 5.41 Å². The first-order chi connectivity index (χ1) is 7.60. The van der Waals surface area contributed by atoms with E-state index >= 15 is 0 Å². The highest BCUT2D eigenvalue weighted by atomic mass is 16.2. The summed E-state index contributed by atoms with van der Waals surface area (Å²) in [7, 11) is 0. The molecule has 0 aliphatic carbocycles. The average Bonchev–Trinajstić information content (AvgIpc) is 2.23. The fourth-order valence-corrected chi connectivity index (χ4v) is 2.19. The van der Waals surface area contributed by atoms with E-state index < -0.39 is 0 Å². The summed E-state index contributed by atoms with van der Waals surface area (Å²) in [4.78, 5) is 25.7. The predicted octanol–water partition coefficient (Wildman–Crippen LogP) is 0.834. The van der Waals surface area contributed by atoms with Crippen molar-refractivity contribution in [3.8, 4) is 0 Å². The number of carbonyl (C=O) groups is 1. The van der Waals surface area contributed by atoms with Gasteiger partial charge in [-0.25, -0.2) is 0 Å². The lowest BCUT2D eigenvalue weighted by atomic mass is 9.78. The van der Waals surface area contributed by atoms with E-state index in [1.807, 2.05) is 13.0 Å². The molecule has 1 aromatic rings. The van der Waals surface area contributed by atoms with Gasteiger partial charge in [-0.15, -0.1) is 0 Å². The van der Waals surface area contributed by atoms with Crippen molar-refractivity contribution < 1.29 is 4.79 Å². The standard InChI is InChI=1S/C12H16N2O2/c1-12(6-3-7-13-11(12)16)8-9-4-2-5-10(15)14-9/h2,4-5H,3,6-8H2,1H3,(H,13,16)(H,14,15). The van der Waals surface area contributed by atoms with Crippen LogP contribution in [0.15, 0.2) is 23.0 Å². The molecule has 0 bridgehead atoms. The van der Waals surface area contributed by atoms with Crippen molar-refractivity contribution in [1.29, 1.82) is 0 Å². The first-order valence-electron chi connectivity index (χ1n) is 5.57. The highest BCUT2D eigenvalue weighted by Gasteiger charge is 2.35. The molecule has 2 heterocycles. The maximum atomic E-state index is 11.8. The van der Waals surface area contributed by atoms with E-state index in [4.69, 9.17) is 0 Å². The second-order valence-electron chi connectivity index (χ2n) is 4.64. The van der Waals surface area contributed by atoms with Crippen molar-refractivity contribution in [2.45, 2.75) is 26.2 Å². The third-order valence-electron chi connectivity index (χ3n) is 3.15. The summed E-state index contributed by atoms with van der Waals surface area (Å²) < 4.78 is 0. The maximum Gasteiger partial charge on any atom is 0.248 e. The van der Waals surface area contributed by atoms with E-state index in [9.17, 15) is 9.59 Å². The summed E-state index contributed by atoms with van der Waals surface area (Å²) in [6, 6.07) is 5.06. The molecule has 0 aromatic carbocycles. The summed E-state index contributed by atoms with van der Waals surface area (Å²) in [5.41, 5.74) is 0.326. The van der Waals surface area contributed by atoms with E-state index in [0.29, 0.717) is 6.42 Å². The van der Waals surface area contributed by atoms with Crippen molar-refractivity contribution >= 4 is 5.91 Å². The summed E-state index contributed by atoms with van der Waals surface area (Å²) >= 11 is 0. The highest BCUT2D eigenvalue weighted by Crippen LogP contribution is 2.29. The second kappa shape index (κ2) is 4.12. The molecule has 0 spiro atoms. The number of carbonyl (C=O) groups excluding carboxylic acids is 1. The van der Waals surface area contributed by atoms with Crippen LogP contribution in [0.25, 0.3) is 0 Å². The lowest BCUT2D eigenvalue weighted by Crippen LogP contribution is -2.45. The number of amides is 1. The SMILES string of the molecule is CC1(Cc2cccc(=O)[nH]2)CCCNC1=O. The smallest absolute Gasteiger partial charge is 0.248 e. The van der Waals surface area contributed by atoms with E-state index in [1.165, 1.54) is 6.07 Å². The third kappa shape index (κ3) is 2.15. The zero-order valence-corrected chi connectivity index (χ0v) is 9.38. The van der Waals surface area contributed by atoms with E-state index in [-0.39, 0.29) is 16.9 Å². The van der Waals surface area contributed by atoms with Gasteiger partial charge < -0.3 is 10.3 Å². The van der Waals surface area contributed by atoms with Crippen molar-refractivity contribution in [2.24, 2.45) is 5.41 Å². The van der Waals surface area contributed by atoms with Crippen LogP contribution in [0.2, 0.25) is 0 Å². The van der Waals surface area contributed by atoms with E-state index in [1.54, 1.807) is 6.07 Å². The zero-order chi connectivity index (χ0) is 11.6. The number of hydrogen-bond acceptors (Lipinski definition) is 2. The Bertz CT molecular complexity index is 452. The van der Waals surface area contributed by atoms with Gasteiger partial charge in [-0.3, -0.25) is 9.59 Å². The third-order valence-corrected chi connectivity index (χ3v) is 3.15. The minimum absolute atomic E-state index is 0.0865. The normalized spacial score (nSPS) is 25.2. The Balaban J connectivity index is 2.19. The van der Waals surface area contributed by atoms with Crippen molar-refractivity contribution in [3.05, 3.63) is 34.2 Å². The summed E-state index contributed by atoms with van der Waals surface area (Å²) in [6.07, 6.45) is 2.46. The molecule has 4 nitrogen and oxygen atoms in total. The molecule has 2 N–H and O–H groups in total. The number of H-pyrrole nitrogens is 1. The van der Waals surface area contributed by atoms with Crippen LogP contribution in [-0.2, 0) is 11.2 Å². The van der Waals surface area contributed by atoms with Gasteiger partial charge in [0.05, 0.1) is 5.41 Å². The van der Waals surface area contributed by atoms with Gasteiger partial charge in [0.1, 0.15) is 0 Å². The molecule has 16 heavy (non-hydrogen) atoms. The largest absolute Gasteiger partial charge is 0.356 e. The van der Waals surface area contributed by atoms with Gasteiger partial charge in [-0.05, 0) is 18.9 Å². The van der Waals surface area contributed by atoms with Crippen molar-refractivity contribution in [2.75, 3.05) is 6.54 Å². The van der Waals surface area contributed by atoms with E-state index in [2.05, 4.69) is 10.3 Å². The molecule has 1 aliphatic rings. The fourth-order valence-electron chi connectivity index (χ4n) is 2.19. The molecule has 4 heteroatoms. The molecular weight excluding hydrogens is 204 g/mol. The number of hydrogen-bond donors (Lipinski definition) is 2. The number of aromatic amines is 1. The molecule has 86 valence electrons. The number of aromatic nitrogens is 1. The Morgan fingerprint density at radius 2 is 2.19 bits per heavy atom. The number of nitrogens with one attached hydrogen (secondary N) is 2. The monoisotopic (exact) mass is 220 g/mol. The number of rotatable bonds is 2. The fraction of sp³-hybridized carbons (Fsp3) is 0.500. The van der Waals surface area contributed by atoms with Crippen LogP contribution >= 0.6 is 0 Å². The van der Waals surface area contributed by atoms with Crippen LogP contribution in [0.4, 0.5) is 0 Å². The second-order valence-corrected chi connectivity index (χ2v) is 4.64. The Morgan fingerprint density at radius 3 is 2.88 bits per heavy atom. The summed E-state index contributed by atoms with van der Waals surface area (Å²) in [6.45, 7) is 2.71. The van der Waals surface area contributed by atoms with Gasteiger partial charge in [0.15, 0.2) is 0 Å². The Morgan fingerprint density at radius 1 is 1.38 bits per heavy atom. The van der Waals surface area contributed by atoms with Crippen LogP contribution in [0.5, 0.6) is 0 Å². The molecule has 1 atom stereocenters. The molecule has 1 fully saturated rings. The summed E-state index contributed by atoms with van der Waals surface area (Å²) in [5, 5.41) is 2.88. The van der Waals surface area contributed by atoms with Crippen LogP contribution in [-0.4, -0.2) is 17.4 Å². The van der Waals surface area contributed by atoms with Crippen molar-refractivity contribution in [1.82, 2.24) is 10.3 Å². The molecular formula is C12H16N2O2. The topological polar surface area (TPSA) is 62.0 Å². The van der Waals surface area contributed by atoms with Crippen LogP contribution < -0.4 is 10.9 Å². The minimum Gasteiger partial charge on any atom is -0.356 e. The maximum absolute atomic E-state index is 11.8. The first kappa shape index (κ1) is 10.9. The molecule has 0 radical (unpaired) electrons. The van der Waals surface area contributed by atoms with E-state index in [0.717, 1.165) is 25.1 Å². The van der Waals surface area contributed by atoms with Crippen LogP contribution in [0.1, 0.15) is 25.5 Å². The minimum atomic E-state index is -0.386. The summed E-state index contributed by atoms with van der Waals surface area (Å²) in [5.74, 6) is 0.0865. The molecule has 1 aromatic heterocycles. The Labute approximate surface area is 94.1 Å². The van der Waals surface area contributed by atoms with Crippen molar-refractivity contribution in [3.63, 3.8) is 0 Å². The molecule has 1 saturated heterocycles.